The maximum atomic E-state index is 11.8. The van der Waals surface area contributed by atoms with Crippen LogP contribution >= 0.6 is 0 Å². The molecule has 4 atom stereocenters. The molecule has 1 aliphatic carbocycles. The van der Waals surface area contributed by atoms with Gasteiger partial charge >= 0.3 is 12.0 Å². The number of carbonyl (C=O) groups excluding carboxylic acids is 1. The van der Waals surface area contributed by atoms with Gasteiger partial charge in [-0.15, -0.1) is 0 Å². The highest BCUT2D eigenvalue weighted by atomic mass is 16.5. The van der Waals surface area contributed by atoms with Gasteiger partial charge in [-0.1, -0.05) is 6.42 Å². The highest BCUT2D eigenvalue weighted by Gasteiger charge is 2.33. The van der Waals surface area contributed by atoms with Crippen LogP contribution in [-0.4, -0.2) is 42.9 Å². The Morgan fingerprint density at radius 3 is 2.80 bits per heavy atom. The molecule has 0 aromatic heterocycles. The largest absolute Gasteiger partial charge is 0.481 e. The summed E-state index contributed by atoms with van der Waals surface area (Å²) in [7, 11) is 0. The second-order valence-corrected chi connectivity index (χ2v) is 5.90. The summed E-state index contributed by atoms with van der Waals surface area (Å²) in [6.45, 7) is 3.89. The average molecular weight is 284 g/mol. The molecular weight excluding hydrogens is 260 g/mol. The van der Waals surface area contributed by atoms with Crippen molar-refractivity contribution >= 4 is 12.0 Å². The molecule has 2 aliphatic rings. The molecule has 4 unspecified atom stereocenters. The molecule has 1 saturated carbocycles. The Hall–Kier alpha value is -1.30. The number of hydrogen-bond donors (Lipinski definition) is 3. The van der Waals surface area contributed by atoms with E-state index < -0.39 is 5.97 Å². The SMILES string of the molecule is CC(NC(=O)NCC1CCCC1C(=O)O)C1CCOC1. The van der Waals surface area contributed by atoms with Gasteiger partial charge in [-0.3, -0.25) is 4.79 Å². The molecule has 20 heavy (non-hydrogen) atoms. The first kappa shape index (κ1) is 15.1. The average Bonchev–Trinajstić information content (AvgIpc) is 3.07. The van der Waals surface area contributed by atoms with Crippen LogP contribution in [-0.2, 0) is 9.53 Å². The van der Waals surface area contributed by atoms with Crippen molar-refractivity contribution in [3.8, 4) is 0 Å². The molecule has 1 heterocycles. The smallest absolute Gasteiger partial charge is 0.315 e. The first-order valence-corrected chi connectivity index (χ1v) is 7.43. The maximum absolute atomic E-state index is 11.8. The molecule has 1 aliphatic heterocycles. The van der Waals surface area contributed by atoms with Gasteiger partial charge in [0.15, 0.2) is 0 Å². The minimum atomic E-state index is -0.744. The van der Waals surface area contributed by atoms with Crippen molar-refractivity contribution in [3.05, 3.63) is 0 Å². The number of ether oxygens (including phenoxy) is 1. The van der Waals surface area contributed by atoms with Gasteiger partial charge in [-0.05, 0) is 32.1 Å². The molecule has 2 amide bonds. The normalized spacial score (nSPS) is 30.9. The zero-order valence-electron chi connectivity index (χ0n) is 11.9. The fraction of sp³-hybridized carbons (Fsp3) is 0.857. The molecule has 114 valence electrons. The van der Waals surface area contributed by atoms with Gasteiger partial charge < -0.3 is 20.5 Å². The number of urea groups is 1. The number of aliphatic carboxylic acids is 1. The summed E-state index contributed by atoms with van der Waals surface area (Å²) < 4.78 is 5.30. The molecule has 0 aromatic carbocycles. The van der Waals surface area contributed by atoms with Crippen LogP contribution in [0.1, 0.15) is 32.6 Å². The minimum Gasteiger partial charge on any atom is -0.481 e. The second-order valence-electron chi connectivity index (χ2n) is 5.90. The Balaban J connectivity index is 1.70. The zero-order chi connectivity index (χ0) is 14.5. The number of rotatable bonds is 5. The predicted octanol–water partition coefficient (Wildman–Crippen LogP) is 1.21. The van der Waals surface area contributed by atoms with Crippen molar-refractivity contribution < 1.29 is 19.4 Å². The van der Waals surface area contributed by atoms with Crippen LogP contribution in [0, 0.1) is 17.8 Å². The first-order chi connectivity index (χ1) is 9.58. The van der Waals surface area contributed by atoms with Crippen LogP contribution in [0.15, 0.2) is 0 Å². The monoisotopic (exact) mass is 284 g/mol. The van der Waals surface area contributed by atoms with Crippen LogP contribution in [0.3, 0.4) is 0 Å². The first-order valence-electron chi connectivity index (χ1n) is 7.43. The quantitative estimate of drug-likeness (QED) is 0.708. The van der Waals surface area contributed by atoms with E-state index in [9.17, 15) is 9.59 Å². The summed E-state index contributed by atoms with van der Waals surface area (Å²) in [6, 6.07) is -0.128. The van der Waals surface area contributed by atoms with Crippen molar-refractivity contribution in [2.45, 2.75) is 38.6 Å². The Morgan fingerprint density at radius 2 is 2.15 bits per heavy atom. The van der Waals surface area contributed by atoms with E-state index in [0.29, 0.717) is 19.1 Å². The van der Waals surface area contributed by atoms with Crippen molar-refractivity contribution in [1.82, 2.24) is 10.6 Å². The van der Waals surface area contributed by atoms with Crippen LogP contribution in [0.5, 0.6) is 0 Å². The molecule has 0 radical (unpaired) electrons. The lowest BCUT2D eigenvalue weighted by Gasteiger charge is -2.21. The molecule has 0 bridgehead atoms. The van der Waals surface area contributed by atoms with E-state index in [2.05, 4.69) is 10.6 Å². The van der Waals surface area contributed by atoms with E-state index in [0.717, 1.165) is 32.3 Å². The van der Waals surface area contributed by atoms with Crippen LogP contribution in [0.4, 0.5) is 4.79 Å². The number of amides is 2. The molecule has 3 N–H and O–H groups in total. The van der Waals surface area contributed by atoms with Crippen LogP contribution in [0.25, 0.3) is 0 Å². The van der Waals surface area contributed by atoms with Crippen molar-refractivity contribution in [3.63, 3.8) is 0 Å². The third-order valence-electron chi connectivity index (χ3n) is 4.53. The van der Waals surface area contributed by atoms with Gasteiger partial charge in [0.1, 0.15) is 0 Å². The van der Waals surface area contributed by atoms with Crippen LogP contribution in [0.2, 0.25) is 0 Å². The number of carbonyl (C=O) groups is 2. The highest BCUT2D eigenvalue weighted by Crippen LogP contribution is 2.31. The summed E-state index contributed by atoms with van der Waals surface area (Å²) in [5.74, 6) is -0.621. The zero-order valence-corrected chi connectivity index (χ0v) is 11.9. The van der Waals surface area contributed by atoms with Crippen molar-refractivity contribution in [1.29, 1.82) is 0 Å². The molecule has 6 heteroatoms. The summed E-state index contributed by atoms with van der Waals surface area (Å²) in [6.07, 6.45) is 3.51. The number of hydrogen-bond acceptors (Lipinski definition) is 3. The summed E-state index contributed by atoms with van der Waals surface area (Å²) >= 11 is 0. The molecule has 0 aromatic rings. The standard InChI is InChI=1S/C14H24N2O4/c1-9(11-5-6-20-8-11)16-14(19)15-7-10-3-2-4-12(10)13(17)18/h9-12H,2-8H2,1H3,(H,17,18)(H2,15,16,19). The van der Waals surface area contributed by atoms with E-state index in [1.54, 1.807) is 0 Å². The van der Waals surface area contributed by atoms with Gasteiger partial charge in [0, 0.05) is 25.1 Å². The Bertz CT molecular complexity index is 355. The molecule has 2 fully saturated rings. The summed E-state index contributed by atoms with van der Waals surface area (Å²) in [4.78, 5) is 22.9. The predicted molar refractivity (Wildman–Crippen MR) is 73.4 cm³/mol. The van der Waals surface area contributed by atoms with E-state index in [1.165, 1.54) is 0 Å². The highest BCUT2D eigenvalue weighted by molar-refractivity contribution is 5.74. The van der Waals surface area contributed by atoms with Gasteiger partial charge in [-0.2, -0.15) is 0 Å². The lowest BCUT2D eigenvalue weighted by atomic mass is 9.96. The van der Waals surface area contributed by atoms with E-state index >= 15 is 0 Å². The van der Waals surface area contributed by atoms with Gasteiger partial charge in [-0.25, -0.2) is 4.79 Å². The number of nitrogens with one attached hydrogen (secondary N) is 2. The van der Waals surface area contributed by atoms with Gasteiger partial charge in [0.2, 0.25) is 0 Å². The fourth-order valence-electron chi connectivity index (χ4n) is 3.15. The molecule has 0 spiro atoms. The van der Waals surface area contributed by atoms with Gasteiger partial charge in [0.25, 0.3) is 0 Å². The van der Waals surface area contributed by atoms with E-state index in [-0.39, 0.29) is 23.9 Å². The Labute approximate surface area is 119 Å². The summed E-state index contributed by atoms with van der Waals surface area (Å²) in [5, 5.41) is 14.8. The van der Waals surface area contributed by atoms with Crippen molar-refractivity contribution in [2.24, 2.45) is 17.8 Å². The number of carboxylic acids is 1. The Morgan fingerprint density at radius 1 is 1.35 bits per heavy atom. The van der Waals surface area contributed by atoms with E-state index in [4.69, 9.17) is 9.84 Å². The number of carboxylic acid groups (broad SMARTS) is 1. The third-order valence-corrected chi connectivity index (χ3v) is 4.53. The fourth-order valence-corrected chi connectivity index (χ4v) is 3.15. The lowest BCUT2D eigenvalue weighted by Crippen LogP contribution is -2.46. The van der Waals surface area contributed by atoms with Crippen LogP contribution < -0.4 is 10.6 Å². The van der Waals surface area contributed by atoms with Crippen molar-refractivity contribution in [2.75, 3.05) is 19.8 Å². The molecule has 6 nitrogen and oxygen atoms in total. The molecule has 2 rings (SSSR count). The second kappa shape index (κ2) is 6.92. The third kappa shape index (κ3) is 3.85. The Kier molecular flexibility index (Phi) is 5.23. The summed E-state index contributed by atoms with van der Waals surface area (Å²) in [5.41, 5.74) is 0. The molecule has 1 saturated heterocycles. The lowest BCUT2D eigenvalue weighted by molar-refractivity contribution is -0.142. The van der Waals surface area contributed by atoms with Gasteiger partial charge in [0.05, 0.1) is 12.5 Å². The molecular formula is C14H24N2O4. The topological polar surface area (TPSA) is 87.7 Å². The van der Waals surface area contributed by atoms with E-state index in [1.807, 2.05) is 6.92 Å². The maximum Gasteiger partial charge on any atom is 0.315 e. The minimum absolute atomic E-state index is 0.0587.